The average molecular weight is 252 g/mol. The molecule has 0 aliphatic carbocycles. The average Bonchev–Trinajstić information content (AvgIpc) is 2.34. The fourth-order valence-corrected chi connectivity index (χ4v) is 1.81. The molecule has 0 aromatic heterocycles. The molecule has 2 nitrogen and oxygen atoms in total. The number of nitrogens with two attached hydrogens (primary N) is 1. The van der Waals surface area contributed by atoms with Crippen LogP contribution in [-0.2, 0) is 0 Å². The minimum atomic E-state index is -0.659. The molecule has 0 saturated heterocycles. The van der Waals surface area contributed by atoms with Crippen molar-refractivity contribution in [1.82, 2.24) is 0 Å². The normalized spacial score (nSPS) is 12.4. The molecule has 17 heavy (non-hydrogen) atoms. The minimum Gasteiger partial charge on any atom is -0.507 e. The van der Waals surface area contributed by atoms with Gasteiger partial charge in [-0.3, -0.25) is 0 Å². The highest BCUT2D eigenvalue weighted by molar-refractivity contribution is 6.30. The van der Waals surface area contributed by atoms with Crippen LogP contribution in [0.1, 0.15) is 17.2 Å². The Balaban J connectivity index is 2.44. The van der Waals surface area contributed by atoms with E-state index in [0.29, 0.717) is 5.56 Å². The van der Waals surface area contributed by atoms with Crippen molar-refractivity contribution in [2.75, 3.05) is 0 Å². The van der Waals surface area contributed by atoms with E-state index in [1.54, 1.807) is 0 Å². The van der Waals surface area contributed by atoms with Crippen LogP contribution in [0.4, 0.5) is 4.39 Å². The maximum Gasteiger partial charge on any atom is 0.145 e. The standard InChI is InChI=1S/C13H11ClFNO/c14-10-6-9(12(17)7-11(10)15)13(16)8-4-2-1-3-5-8/h1-7,13,17H,16H2. The van der Waals surface area contributed by atoms with Crippen LogP contribution in [0.15, 0.2) is 42.5 Å². The van der Waals surface area contributed by atoms with Crippen LogP contribution in [0, 0.1) is 5.82 Å². The third-order valence-electron chi connectivity index (χ3n) is 2.56. The van der Waals surface area contributed by atoms with Gasteiger partial charge in [0.05, 0.1) is 11.1 Å². The Kier molecular flexibility index (Phi) is 3.31. The second kappa shape index (κ2) is 4.73. The van der Waals surface area contributed by atoms with Crippen LogP contribution >= 0.6 is 11.6 Å². The molecule has 0 aliphatic heterocycles. The number of aromatic hydroxyl groups is 1. The molecule has 2 aromatic carbocycles. The lowest BCUT2D eigenvalue weighted by atomic mass is 9.99. The third-order valence-corrected chi connectivity index (χ3v) is 2.85. The van der Waals surface area contributed by atoms with Gasteiger partial charge in [0.25, 0.3) is 0 Å². The number of hydrogen-bond donors (Lipinski definition) is 2. The first-order valence-corrected chi connectivity index (χ1v) is 5.46. The van der Waals surface area contributed by atoms with E-state index in [0.717, 1.165) is 11.6 Å². The molecule has 3 N–H and O–H groups in total. The monoisotopic (exact) mass is 251 g/mol. The maximum absolute atomic E-state index is 13.1. The molecule has 0 bridgehead atoms. The van der Waals surface area contributed by atoms with Gasteiger partial charge in [-0.15, -0.1) is 0 Å². The number of halogens is 2. The first-order chi connectivity index (χ1) is 8.09. The Morgan fingerprint density at radius 2 is 1.82 bits per heavy atom. The Bertz CT molecular complexity index is 530. The predicted octanol–water partition coefficient (Wildman–Crippen LogP) is 3.23. The Morgan fingerprint density at radius 3 is 2.47 bits per heavy atom. The van der Waals surface area contributed by atoms with Crippen LogP contribution < -0.4 is 5.73 Å². The van der Waals surface area contributed by atoms with Gasteiger partial charge < -0.3 is 10.8 Å². The van der Waals surface area contributed by atoms with Crippen LogP contribution in [0.2, 0.25) is 5.02 Å². The minimum absolute atomic E-state index is 0.0517. The van der Waals surface area contributed by atoms with Crippen molar-refractivity contribution in [2.24, 2.45) is 5.73 Å². The smallest absolute Gasteiger partial charge is 0.145 e. The van der Waals surface area contributed by atoms with E-state index in [9.17, 15) is 9.50 Å². The Hall–Kier alpha value is -1.58. The van der Waals surface area contributed by atoms with Gasteiger partial charge in [-0.2, -0.15) is 0 Å². The molecule has 0 radical (unpaired) electrons. The van der Waals surface area contributed by atoms with E-state index in [1.807, 2.05) is 30.3 Å². The lowest BCUT2D eigenvalue weighted by Gasteiger charge is -2.14. The summed E-state index contributed by atoms with van der Waals surface area (Å²) in [5.74, 6) is -0.851. The van der Waals surface area contributed by atoms with Crippen LogP contribution in [-0.4, -0.2) is 5.11 Å². The highest BCUT2D eigenvalue weighted by Gasteiger charge is 2.15. The lowest BCUT2D eigenvalue weighted by molar-refractivity contribution is 0.459. The summed E-state index contributed by atoms with van der Waals surface area (Å²) < 4.78 is 13.1. The van der Waals surface area contributed by atoms with Crippen LogP contribution in [0.5, 0.6) is 5.75 Å². The summed E-state index contributed by atoms with van der Waals surface area (Å²) >= 11 is 5.68. The van der Waals surface area contributed by atoms with Crippen molar-refractivity contribution in [3.8, 4) is 5.75 Å². The van der Waals surface area contributed by atoms with E-state index in [2.05, 4.69) is 0 Å². The topological polar surface area (TPSA) is 46.2 Å². The quantitative estimate of drug-likeness (QED) is 0.861. The molecule has 4 heteroatoms. The maximum atomic E-state index is 13.1. The van der Waals surface area contributed by atoms with E-state index in [4.69, 9.17) is 17.3 Å². The molecule has 0 saturated carbocycles. The van der Waals surface area contributed by atoms with Gasteiger partial charge in [0.2, 0.25) is 0 Å². The molecule has 0 aliphatic rings. The number of phenolic OH excluding ortho intramolecular Hbond substituents is 1. The summed E-state index contributed by atoms with van der Waals surface area (Å²) in [5.41, 5.74) is 7.22. The summed E-state index contributed by atoms with van der Waals surface area (Å²) in [4.78, 5) is 0. The van der Waals surface area contributed by atoms with Crippen molar-refractivity contribution >= 4 is 11.6 Å². The van der Waals surface area contributed by atoms with E-state index < -0.39 is 11.9 Å². The third kappa shape index (κ3) is 2.40. The molecule has 2 aromatic rings. The van der Waals surface area contributed by atoms with Crippen LogP contribution in [0.25, 0.3) is 0 Å². The molecular formula is C13H11ClFNO. The first kappa shape index (κ1) is 11.9. The van der Waals surface area contributed by atoms with Crippen molar-refractivity contribution in [3.05, 3.63) is 64.4 Å². The fraction of sp³-hybridized carbons (Fsp3) is 0.0769. The summed E-state index contributed by atoms with van der Waals surface area (Å²) in [6, 6.07) is 11.0. The molecule has 0 spiro atoms. The highest BCUT2D eigenvalue weighted by atomic mass is 35.5. The molecule has 2 rings (SSSR count). The SMILES string of the molecule is NC(c1ccccc1)c1cc(Cl)c(F)cc1O. The van der Waals surface area contributed by atoms with Gasteiger partial charge >= 0.3 is 0 Å². The summed E-state index contributed by atoms with van der Waals surface area (Å²) in [5, 5.41) is 9.62. The van der Waals surface area contributed by atoms with Gasteiger partial charge in [0, 0.05) is 11.6 Å². The zero-order valence-corrected chi connectivity index (χ0v) is 9.66. The molecule has 1 unspecified atom stereocenters. The second-order valence-electron chi connectivity index (χ2n) is 3.71. The van der Waals surface area contributed by atoms with Crippen molar-refractivity contribution in [1.29, 1.82) is 0 Å². The molecule has 0 amide bonds. The van der Waals surface area contributed by atoms with Crippen LogP contribution in [0.3, 0.4) is 0 Å². The summed E-state index contributed by atoms with van der Waals surface area (Å²) in [6.45, 7) is 0. The molecule has 88 valence electrons. The molecular weight excluding hydrogens is 241 g/mol. The van der Waals surface area contributed by atoms with Gasteiger partial charge in [0.1, 0.15) is 11.6 Å². The molecule has 0 fully saturated rings. The first-order valence-electron chi connectivity index (χ1n) is 5.08. The Morgan fingerprint density at radius 1 is 1.18 bits per heavy atom. The Labute approximate surface area is 103 Å². The fourth-order valence-electron chi connectivity index (χ4n) is 1.64. The zero-order chi connectivity index (χ0) is 12.4. The van der Waals surface area contributed by atoms with Crippen molar-refractivity contribution in [3.63, 3.8) is 0 Å². The van der Waals surface area contributed by atoms with Crippen molar-refractivity contribution in [2.45, 2.75) is 6.04 Å². The summed E-state index contributed by atoms with van der Waals surface area (Å²) in [7, 11) is 0. The van der Waals surface area contributed by atoms with E-state index >= 15 is 0 Å². The number of phenols is 1. The molecule has 1 atom stereocenters. The number of benzene rings is 2. The number of hydrogen-bond acceptors (Lipinski definition) is 2. The largest absolute Gasteiger partial charge is 0.507 e. The van der Waals surface area contributed by atoms with E-state index in [-0.39, 0.29) is 10.8 Å². The van der Waals surface area contributed by atoms with Crippen molar-refractivity contribution < 1.29 is 9.50 Å². The van der Waals surface area contributed by atoms with Gasteiger partial charge in [-0.25, -0.2) is 4.39 Å². The predicted molar refractivity (Wildman–Crippen MR) is 65.5 cm³/mol. The zero-order valence-electron chi connectivity index (χ0n) is 8.90. The van der Waals surface area contributed by atoms with Gasteiger partial charge in [-0.05, 0) is 11.6 Å². The number of rotatable bonds is 2. The molecule has 0 heterocycles. The highest BCUT2D eigenvalue weighted by Crippen LogP contribution is 2.31. The lowest BCUT2D eigenvalue weighted by Crippen LogP contribution is -2.12. The van der Waals surface area contributed by atoms with Gasteiger partial charge in [0.15, 0.2) is 0 Å². The van der Waals surface area contributed by atoms with Gasteiger partial charge in [-0.1, -0.05) is 41.9 Å². The second-order valence-corrected chi connectivity index (χ2v) is 4.12. The van der Waals surface area contributed by atoms with E-state index in [1.165, 1.54) is 6.07 Å². The summed E-state index contributed by atoms with van der Waals surface area (Å²) in [6.07, 6.45) is 0.